The van der Waals surface area contributed by atoms with Gasteiger partial charge in [-0.1, -0.05) is 43.6 Å². The van der Waals surface area contributed by atoms with Crippen molar-refractivity contribution in [3.8, 4) is 0 Å². The monoisotopic (exact) mass is 459 g/mol. The summed E-state index contributed by atoms with van der Waals surface area (Å²) in [5, 5.41) is 3.44. The molecule has 0 aliphatic rings. The number of aromatic nitrogens is 2. The first-order valence-corrected chi connectivity index (χ1v) is 11.1. The van der Waals surface area contributed by atoms with Gasteiger partial charge in [-0.2, -0.15) is 0 Å². The molecule has 0 atom stereocenters. The minimum atomic E-state index is -0.530. The Bertz CT molecular complexity index is 1210. The van der Waals surface area contributed by atoms with Gasteiger partial charge in [-0.05, 0) is 43.0 Å². The van der Waals surface area contributed by atoms with Gasteiger partial charge in [0.1, 0.15) is 5.82 Å². The summed E-state index contributed by atoms with van der Waals surface area (Å²) >= 11 is 6.17. The van der Waals surface area contributed by atoms with Crippen LogP contribution in [0.1, 0.15) is 38.7 Å². The van der Waals surface area contributed by atoms with Crippen LogP contribution in [0.4, 0.5) is 4.39 Å². The highest BCUT2D eigenvalue weighted by atomic mass is 35.5. The van der Waals surface area contributed by atoms with Crippen LogP contribution in [0.5, 0.6) is 0 Å². The zero-order chi connectivity index (χ0) is 23.3. The molecule has 0 radical (unpaired) electrons. The Balaban J connectivity index is 1.87. The first-order valence-electron chi connectivity index (χ1n) is 10.7. The molecule has 1 aromatic heterocycles. The lowest BCUT2D eigenvalue weighted by atomic mass is 10.1. The van der Waals surface area contributed by atoms with Gasteiger partial charge in [0, 0.05) is 30.1 Å². The predicted molar refractivity (Wildman–Crippen MR) is 125 cm³/mol. The lowest BCUT2D eigenvalue weighted by molar-refractivity contribution is -0.121. The summed E-state index contributed by atoms with van der Waals surface area (Å²) in [6.45, 7) is 4.73. The lowest BCUT2D eigenvalue weighted by Gasteiger charge is -2.15. The molecule has 0 spiro atoms. The van der Waals surface area contributed by atoms with Crippen molar-refractivity contribution in [2.75, 3.05) is 6.54 Å². The smallest absolute Gasteiger partial charge is 0.331 e. The highest BCUT2D eigenvalue weighted by Gasteiger charge is 2.16. The molecule has 1 heterocycles. The normalized spacial score (nSPS) is 11.3. The summed E-state index contributed by atoms with van der Waals surface area (Å²) in [5.74, 6) is -0.189. The molecular formula is C24H27ClFN3O3. The molecule has 0 aliphatic heterocycles. The Labute approximate surface area is 190 Å². The van der Waals surface area contributed by atoms with Crippen LogP contribution in [-0.2, 0) is 17.9 Å². The zero-order valence-electron chi connectivity index (χ0n) is 18.2. The van der Waals surface area contributed by atoms with E-state index in [1.807, 2.05) is 13.8 Å². The summed E-state index contributed by atoms with van der Waals surface area (Å²) in [6, 6.07) is 11.1. The molecule has 0 fully saturated rings. The SMILES string of the molecule is CC(C)CNC(=O)CCCCn1c(=O)c2ccccc2n(Cc2c(F)cccc2Cl)c1=O. The number of hydrogen-bond donors (Lipinski definition) is 1. The number of hydrogen-bond acceptors (Lipinski definition) is 3. The molecule has 3 aromatic rings. The van der Waals surface area contributed by atoms with Crippen LogP contribution in [0.3, 0.4) is 0 Å². The number of para-hydroxylation sites is 1. The number of carbonyl (C=O) groups is 1. The van der Waals surface area contributed by atoms with E-state index >= 15 is 0 Å². The quantitative estimate of drug-likeness (QED) is 0.492. The number of benzene rings is 2. The third-order valence-corrected chi connectivity index (χ3v) is 5.61. The summed E-state index contributed by atoms with van der Waals surface area (Å²) < 4.78 is 16.9. The second-order valence-corrected chi connectivity index (χ2v) is 8.61. The van der Waals surface area contributed by atoms with Crippen molar-refractivity contribution in [3.63, 3.8) is 0 Å². The van der Waals surface area contributed by atoms with Gasteiger partial charge in [-0.15, -0.1) is 0 Å². The van der Waals surface area contributed by atoms with E-state index < -0.39 is 17.1 Å². The van der Waals surface area contributed by atoms with Crippen LogP contribution in [-0.4, -0.2) is 21.6 Å². The third-order valence-electron chi connectivity index (χ3n) is 5.25. The van der Waals surface area contributed by atoms with Crippen LogP contribution in [0.25, 0.3) is 10.9 Å². The molecular weight excluding hydrogens is 433 g/mol. The van der Waals surface area contributed by atoms with E-state index in [4.69, 9.17) is 11.6 Å². The van der Waals surface area contributed by atoms with Crippen LogP contribution >= 0.6 is 11.6 Å². The van der Waals surface area contributed by atoms with E-state index in [1.165, 1.54) is 16.7 Å². The van der Waals surface area contributed by atoms with Crippen LogP contribution in [0.15, 0.2) is 52.1 Å². The maximum atomic E-state index is 14.4. The molecule has 1 amide bonds. The summed E-state index contributed by atoms with van der Waals surface area (Å²) in [4.78, 5) is 38.1. The second-order valence-electron chi connectivity index (χ2n) is 8.20. The predicted octanol–water partition coefficient (Wildman–Crippen LogP) is 3.95. The number of nitrogens with one attached hydrogen (secondary N) is 1. The Morgan fingerprint density at radius 1 is 1.06 bits per heavy atom. The van der Waals surface area contributed by atoms with Crippen molar-refractivity contribution >= 4 is 28.4 Å². The zero-order valence-corrected chi connectivity index (χ0v) is 19.0. The van der Waals surface area contributed by atoms with Crippen molar-refractivity contribution in [1.82, 2.24) is 14.5 Å². The van der Waals surface area contributed by atoms with Gasteiger partial charge in [0.25, 0.3) is 5.56 Å². The highest BCUT2D eigenvalue weighted by Crippen LogP contribution is 2.21. The minimum Gasteiger partial charge on any atom is -0.356 e. The van der Waals surface area contributed by atoms with E-state index in [0.717, 1.165) is 4.57 Å². The van der Waals surface area contributed by atoms with E-state index in [-0.39, 0.29) is 29.6 Å². The first kappa shape index (κ1) is 23.7. The molecule has 0 unspecified atom stereocenters. The van der Waals surface area contributed by atoms with Gasteiger partial charge < -0.3 is 5.32 Å². The number of halogens is 2. The van der Waals surface area contributed by atoms with Gasteiger partial charge in [0.05, 0.1) is 17.4 Å². The second kappa shape index (κ2) is 10.6. The fourth-order valence-electron chi connectivity index (χ4n) is 3.52. The first-order chi connectivity index (χ1) is 15.3. The molecule has 1 N–H and O–H groups in total. The molecule has 8 heteroatoms. The highest BCUT2D eigenvalue weighted by molar-refractivity contribution is 6.31. The molecule has 6 nitrogen and oxygen atoms in total. The van der Waals surface area contributed by atoms with Crippen molar-refractivity contribution < 1.29 is 9.18 Å². The minimum absolute atomic E-state index is 0.0452. The molecule has 2 aromatic carbocycles. The number of carbonyl (C=O) groups excluding carboxylic acids is 1. The molecule has 0 saturated carbocycles. The van der Waals surface area contributed by atoms with E-state index in [1.54, 1.807) is 30.3 Å². The molecule has 3 rings (SSSR count). The molecule has 32 heavy (non-hydrogen) atoms. The van der Waals surface area contributed by atoms with Gasteiger partial charge in [-0.25, -0.2) is 9.18 Å². The van der Waals surface area contributed by atoms with Crippen molar-refractivity contribution in [2.45, 2.75) is 46.2 Å². The third kappa shape index (κ3) is 5.46. The summed E-state index contributed by atoms with van der Waals surface area (Å²) in [7, 11) is 0. The van der Waals surface area contributed by atoms with Crippen LogP contribution in [0.2, 0.25) is 5.02 Å². The van der Waals surface area contributed by atoms with Crippen LogP contribution in [0, 0.1) is 11.7 Å². The van der Waals surface area contributed by atoms with E-state index in [0.29, 0.717) is 42.6 Å². The van der Waals surface area contributed by atoms with Gasteiger partial charge in [-0.3, -0.25) is 18.7 Å². The Morgan fingerprint density at radius 2 is 1.81 bits per heavy atom. The molecule has 170 valence electrons. The fraction of sp³-hybridized carbons (Fsp3) is 0.375. The topological polar surface area (TPSA) is 73.1 Å². The Kier molecular flexibility index (Phi) is 7.85. The van der Waals surface area contributed by atoms with Gasteiger partial charge in [0.2, 0.25) is 5.91 Å². The standard InChI is InChI=1S/C24H27ClFN3O3/c1-16(2)14-27-22(30)12-5-6-13-28-23(31)17-8-3-4-11-21(17)29(24(28)32)15-18-19(25)9-7-10-20(18)26/h3-4,7-11,16H,5-6,12-15H2,1-2H3,(H,27,30). The van der Waals surface area contributed by atoms with Crippen LogP contribution < -0.4 is 16.6 Å². The van der Waals surface area contributed by atoms with Crippen molar-refractivity contribution in [1.29, 1.82) is 0 Å². The average Bonchev–Trinajstić information content (AvgIpc) is 2.76. The van der Waals surface area contributed by atoms with Crippen molar-refractivity contribution in [3.05, 3.63) is 79.7 Å². The van der Waals surface area contributed by atoms with Gasteiger partial charge in [0.15, 0.2) is 0 Å². The summed E-state index contributed by atoms with van der Waals surface area (Å²) in [6.07, 6.45) is 1.36. The number of amides is 1. The molecule has 0 saturated heterocycles. The average molecular weight is 460 g/mol. The number of nitrogens with zero attached hydrogens (tertiary/aromatic N) is 2. The molecule has 0 aliphatic carbocycles. The van der Waals surface area contributed by atoms with E-state index in [2.05, 4.69) is 5.32 Å². The van der Waals surface area contributed by atoms with E-state index in [9.17, 15) is 18.8 Å². The maximum absolute atomic E-state index is 14.4. The number of unbranched alkanes of at least 4 members (excludes halogenated alkanes) is 1. The summed E-state index contributed by atoms with van der Waals surface area (Å²) in [5.41, 5.74) is -0.317. The molecule has 0 bridgehead atoms. The lowest BCUT2D eigenvalue weighted by Crippen LogP contribution is -2.40. The van der Waals surface area contributed by atoms with Crippen molar-refractivity contribution in [2.24, 2.45) is 5.92 Å². The fourth-order valence-corrected chi connectivity index (χ4v) is 3.75. The van der Waals surface area contributed by atoms with Gasteiger partial charge >= 0.3 is 5.69 Å². The Morgan fingerprint density at radius 3 is 2.53 bits per heavy atom. The Hall–Kier alpha value is -2.93. The largest absolute Gasteiger partial charge is 0.356 e. The number of fused-ring (bicyclic) bond motifs is 1. The maximum Gasteiger partial charge on any atom is 0.331 e. The number of rotatable bonds is 9.